The summed E-state index contributed by atoms with van der Waals surface area (Å²) in [4.78, 5) is 0. The molecule has 0 saturated heterocycles. The Balaban J connectivity index is 1.16. The van der Waals surface area contributed by atoms with Crippen LogP contribution in [0.4, 0.5) is 0 Å². The van der Waals surface area contributed by atoms with Crippen LogP contribution in [0.15, 0.2) is 49.1 Å². The molecule has 0 unspecified atom stereocenters. The van der Waals surface area contributed by atoms with Crippen LogP contribution in [0.2, 0.25) is 0 Å². The standard InChI is InChI=1S/C34H54O/c1-3-5-27-35-28-34-25-23-33(24-26-34)14-9-8-13-32-21-19-31(20-22-32)12-7-6-11-30-17-15-29(10-4-2)16-18-30/h3-4,10,23-26,29-32H,1,5-9,11-22,27-28H2,2H3/b10-4+. The van der Waals surface area contributed by atoms with Crippen molar-refractivity contribution in [1.82, 2.24) is 0 Å². The predicted octanol–water partition coefficient (Wildman–Crippen LogP) is 10.2. The normalized spacial score (nSPS) is 25.2. The molecule has 2 aliphatic rings. The molecule has 196 valence electrons. The molecule has 2 aliphatic carbocycles. The highest BCUT2D eigenvalue weighted by molar-refractivity contribution is 5.22. The summed E-state index contributed by atoms with van der Waals surface area (Å²) < 4.78 is 5.66. The van der Waals surface area contributed by atoms with Crippen LogP contribution >= 0.6 is 0 Å². The highest BCUT2D eigenvalue weighted by Gasteiger charge is 2.22. The van der Waals surface area contributed by atoms with Crippen molar-refractivity contribution in [2.24, 2.45) is 23.7 Å². The van der Waals surface area contributed by atoms with Gasteiger partial charge in [-0.25, -0.2) is 0 Å². The first kappa shape index (κ1) is 28.2. The summed E-state index contributed by atoms with van der Waals surface area (Å²) in [5.41, 5.74) is 2.76. The highest BCUT2D eigenvalue weighted by Crippen LogP contribution is 2.36. The molecule has 0 aliphatic heterocycles. The van der Waals surface area contributed by atoms with Crippen LogP contribution in [0.25, 0.3) is 0 Å². The van der Waals surface area contributed by atoms with Crippen LogP contribution in [-0.4, -0.2) is 6.61 Å². The number of hydrogen-bond acceptors (Lipinski definition) is 1. The van der Waals surface area contributed by atoms with Crippen molar-refractivity contribution in [2.75, 3.05) is 6.61 Å². The molecule has 1 heteroatoms. The Morgan fingerprint density at radius 1 is 0.743 bits per heavy atom. The molecular formula is C34H54O. The lowest BCUT2D eigenvalue weighted by Gasteiger charge is -2.29. The lowest BCUT2D eigenvalue weighted by atomic mass is 9.77. The van der Waals surface area contributed by atoms with Crippen molar-refractivity contribution >= 4 is 0 Å². The van der Waals surface area contributed by atoms with Gasteiger partial charge in [0.25, 0.3) is 0 Å². The van der Waals surface area contributed by atoms with Crippen LogP contribution < -0.4 is 0 Å². The number of allylic oxidation sites excluding steroid dienone is 2. The van der Waals surface area contributed by atoms with Gasteiger partial charge in [0.15, 0.2) is 0 Å². The average Bonchev–Trinajstić information content (AvgIpc) is 2.90. The third-order valence-electron chi connectivity index (χ3n) is 8.88. The first-order valence-corrected chi connectivity index (χ1v) is 15.2. The van der Waals surface area contributed by atoms with Gasteiger partial charge in [-0.05, 0) is 86.7 Å². The minimum atomic E-state index is 0.717. The molecule has 0 N–H and O–H groups in total. The summed E-state index contributed by atoms with van der Waals surface area (Å²) in [6.45, 7) is 7.39. The van der Waals surface area contributed by atoms with E-state index in [0.29, 0.717) is 0 Å². The van der Waals surface area contributed by atoms with Crippen molar-refractivity contribution in [3.63, 3.8) is 0 Å². The van der Waals surface area contributed by atoms with Crippen molar-refractivity contribution in [3.05, 3.63) is 60.2 Å². The molecule has 1 aromatic carbocycles. The Labute approximate surface area is 217 Å². The number of aryl methyl sites for hydroxylation is 1. The molecular weight excluding hydrogens is 424 g/mol. The van der Waals surface area contributed by atoms with Crippen LogP contribution in [0.3, 0.4) is 0 Å². The summed E-state index contributed by atoms with van der Waals surface area (Å²) in [6.07, 6.45) is 30.8. The number of hydrogen-bond donors (Lipinski definition) is 0. The van der Waals surface area contributed by atoms with E-state index in [1.807, 2.05) is 6.08 Å². The molecule has 0 spiro atoms. The van der Waals surface area contributed by atoms with E-state index in [9.17, 15) is 0 Å². The van der Waals surface area contributed by atoms with Gasteiger partial charge in [-0.3, -0.25) is 0 Å². The summed E-state index contributed by atoms with van der Waals surface area (Å²) >= 11 is 0. The van der Waals surface area contributed by atoms with E-state index in [2.05, 4.69) is 49.9 Å². The summed E-state index contributed by atoms with van der Waals surface area (Å²) in [5.74, 6) is 3.96. The Morgan fingerprint density at radius 3 is 1.80 bits per heavy atom. The van der Waals surface area contributed by atoms with E-state index >= 15 is 0 Å². The number of benzene rings is 1. The molecule has 35 heavy (non-hydrogen) atoms. The first-order valence-electron chi connectivity index (χ1n) is 15.2. The smallest absolute Gasteiger partial charge is 0.0717 e. The molecule has 0 amide bonds. The Hall–Kier alpha value is -1.34. The fourth-order valence-electron chi connectivity index (χ4n) is 6.54. The van der Waals surface area contributed by atoms with E-state index in [1.165, 1.54) is 114 Å². The van der Waals surface area contributed by atoms with Crippen LogP contribution in [0.5, 0.6) is 0 Å². The van der Waals surface area contributed by atoms with Gasteiger partial charge in [-0.15, -0.1) is 6.58 Å². The lowest BCUT2D eigenvalue weighted by molar-refractivity contribution is 0.125. The molecule has 1 nitrogen and oxygen atoms in total. The van der Waals surface area contributed by atoms with Gasteiger partial charge in [-0.1, -0.05) is 107 Å². The van der Waals surface area contributed by atoms with Gasteiger partial charge < -0.3 is 4.74 Å². The Morgan fingerprint density at radius 2 is 1.26 bits per heavy atom. The zero-order valence-electron chi connectivity index (χ0n) is 22.9. The maximum absolute atomic E-state index is 5.66. The SMILES string of the molecule is C=CCCOCc1ccc(CCCCC2CCC(CCCCC3CCC(/C=C/C)CC3)CC2)cc1. The van der Waals surface area contributed by atoms with Gasteiger partial charge in [0, 0.05) is 0 Å². The number of ether oxygens (including phenoxy) is 1. The fraction of sp³-hybridized carbons (Fsp3) is 0.706. The fourth-order valence-corrected chi connectivity index (χ4v) is 6.54. The largest absolute Gasteiger partial charge is 0.376 e. The average molecular weight is 479 g/mol. The number of unbranched alkanes of at least 4 members (excludes halogenated alkanes) is 2. The maximum Gasteiger partial charge on any atom is 0.0717 e. The zero-order valence-corrected chi connectivity index (χ0v) is 22.9. The molecule has 2 saturated carbocycles. The van der Waals surface area contributed by atoms with E-state index in [0.717, 1.165) is 43.3 Å². The van der Waals surface area contributed by atoms with Crippen LogP contribution in [0, 0.1) is 23.7 Å². The van der Waals surface area contributed by atoms with Crippen molar-refractivity contribution in [2.45, 2.75) is 123 Å². The second kappa shape index (κ2) is 17.2. The summed E-state index contributed by atoms with van der Waals surface area (Å²) in [6, 6.07) is 9.07. The zero-order chi connectivity index (χ0) is 24.6. The van der Waals surface area contributed by atoms with Gasteiger partial charge >= 0.3 is 0 Å². The van der Waals surface area contributed by atoms with Crippen LogP contribution in [0.1, 0.15) is 121 Å². The summed E-state index contributed by atoms with van der Waals surface area (Å²) in [5, 5.41) is 0. The monoisotopic (exact) mass is 478 g/mol. The summed E-state index contributed by atoms with van der Waals surface area (Å²) in [7, 11) is 0. The highest BCUT2D eigenvalue weighted by atomic mass is 16.5. The van der Waals surface area contributed by atoms with Crippen LogP contribution in [-0.2, 0) is 17.8 Å². The van der Waals surface area contributed by atoms with Gasteiger partial charge in [0.05, 0.1) is 13.2 Å². The van der Waals surface area contributed by atoms with Crippen molar-refractivity contribution < 1.29 is 4.74 Å². The predicted molar refractivity (Wildman–Crippen MR) is 153 cm³/mol. The van der Waals surface area contributed by atoms with Gasteiger partial charge in [-0.2, -0.15) is 0 Å². The molecule has 0 aromatic heterocycles. The second-order valence-corrected chi connectivity index (χ2v) is 11.7. The quantitative estimate of drug-likeness (QED) is 0.170. The van der Waals surface area contributed by atoms with Gasteiger partial charge in [0.2, 0.25) is 0 Å². The minimum Gasteiger partial charge on any atom is -0.376 e. The topological polar surface area (TPSA) is 9.23 Å². The number of rotatable bonds is 16. The van der Waals surface area contributed by atoms with E-state index in [4.69, 9.17) is 4.74 Å². The molecule has 1 aromatic rings. The molecule has 3 rings (SSSR count). The van der Waals surface area contributed by atoms with E-state index in [-0.39, 0.29) is 0 Å². The minimum absolute atomic E-state index is 0.717. The molecule has 2 fully saturated rings. The Bertz CT molecular complexity index is 686. The molecule has 0 radical (unpaired) electrons. The third kappa shape index (κ3) is 11.5. The molecule has 0 bridgehead atoms. The van der Waals surface area contributed by atoms with E-state index in [1.54, 1.807) is 0 Å². The van der Waals surface area contributed by atoms with E-state index < -0.39 is 0 Å². The Kier molecular flexibility index (Phi) is 13.9. The van der Waals surface area contributed by atoms with Crippen molar-refractivity contribution in [3.8, 4) is 0 Å². The molecule has 0 heterocycles. The first-order chi connectivity index (χ1) is 17.3. The lowest BCUT2D eigenvalue weighted by Crippen LogP contribution is -2.15. The molecule has 0 atom stereocenters. The third-order valence-corrected chi connectivity index (χ3v) is 8.88. The second-order valence-electron chi connectivity index (χ2n) is 11.7. The maximum atomic E-state index is 5.66. The van der Waals surface area contributed by atoms with Crippen molar-refractivity contribution in [1.29, 1.82) is 0 Å². The van der Waals surface area contributed by atoms with Gasteiger partial charge in [0.1, 0.15) is 0 Å².